The van der Waals surface area contributed by atoms with E-state index in [1.165, 1.54) is 11.1 Å². The van der Waals surface area contributed by atoms with E-state index in [9.17, 15) is 0 Å². The molecule has 0 bridgehead atoms. The third kappa shape index (κ3) is 1.73. The molecule has 1 N–H and O–H groups in total. The highest BCUT2D eigenvalue weighted by Crippen LogP contribution is 2.21. The van der Waals surface area contributed by atoms with Gasteiger partial charge in [-0.25, -0.2) is 0 Å². The van der Waals surface area contributed by atoms with Gasteiger partial charge in [0.2, 0.25) is 0 Å². The van der Waals surface area contributed by atoms with E-state index in [0.29, 0.717) is 0 Å². The Hall–Kier alpha value is -1.09. The summed E-state index contributed by atoms with van der Waals surface area (Å²) in [7, 11) is 0. The number of nitrogens with one attached hydrogen (secondary N) is 1. The van der Waals surface area contributed by atoms with Crippen LogP contribution in [0.25, 0.3) is 0 Å². The number of hydrogen-bond acceptors (Lipinski definition) is 1. The highest BCUT2D eigenvalue weighted by atomic mass is 32.1. The molecule has 0 aromatic heterocycles. The van der Waals surface area contributed by atoms with Crippen LogP contribution < -0.4 is 5.32 Å². The van der Waals surface area contributed by atoms with Crippen LogP contribution in [0.2, 0.25) is 0 Å². The lowest BCUT2D eigenvalue weighted by Gasteiger charge is -2.18. The summed E-state index contributed by atoms with van der Waals surface area (Å²) in [6, 6.07) is 8.51. The zero-order valence-electron chi connectivity index (χ0n) is 8.29. The van der Waals surface area contributed by atoms with Gasteiger partial charge in [0, 0.05) is 19.6 Å². The van der Waals surface area contributed by atoms with Gasteiger partial charge >= 0.3 is 0 Å². The largest absolute Gasteiger partial charge is 0.363 e. The normalized spacial score (nSPS) is 13.9. The second-order valence-corrected chi connectivity index (χ2v) is 3.85. The lowest BCUT2D eigenvalue weighted by Crippen LogP contribution is -2.35. The summed E-state index contributed by atoms with van der Waals surface area (Å²) in [5.74, 6) is 0. The molecular formula is C11H14N2S. The van der Waals surface area contributed by atoms with Crippen LogP contribution in [0.5, 0.6) is 0 Å². The monoisotopic (exact) mass is 206 g/mol. The molecular weight excluding hydrogens is 192 g/mol. The molecule has 1 aliphatic rings. The van der Waals surface area contributed by atoms with E-state index < -0.39 is 0 Å². The van der Waals surface area contributed by atoms with Crippen molar-refractivity contribution < 1.29 is 0 Å². The van der Waals surface area contributed by atoms with Crippen LogP contribution in [0, 0.1) is 0 Å². The first-order valence-corrected chi connectivity index (χ1v) is 5.31. The fourth-order valence-corrected chi connectivity index (χ4v) is 2.01. The van der Waals surface area contributed by atoms with E-state index in [1.54, 1.807) is 0 Å². The number of thiocarbonyl (C=S) groups is 1. The van der Waals surface area contributed by atoms with Crippen molar-refractivity contribution in [1.29, 1.82) is 0 Å². The third-order valence-electron chi connectivity index (χ3n) is 2.46. The van der Waals surface area contributed by atoms with E-state index in [0.717, 1.165) is 24.7 Å². The third-order valence-corrected chi connectivity index (χ3v) is 2.86. The van der Waals surface area contributed by atoms with Gasteiger partial charge in [0.15, 0.2) is 5.11 Å². The molecule has 0 radical (unpaired) electrons. The van der Waals surface area contributed by atoms with Crippen molar-refractivity contribution in [3.05, 3.63) is 35.4 Å². The van der Waals surface area contributed by atoms with E-state index in [1.807, 2.05) is 0 Å². The number of rotatable bonds is 1. The SMILES string of the molecule is CCNC(=S)N1Cc2ccccc2C1. The summed E-state index contributed by atoms with van der Waals surface area (Å²) in [4.78, 5) is 2.20. The van der Waals surface area contributed by atoms with Crippen molar-refractivity contribution >= 4 is 17.3 Å². The zero-order chi connectivity index (χ0) is 9.97. The molecule has 0 aliphatic carbocycles. The highest BCUT2D eigenvalue weighted by molar-refractivity contribution is 7.80. The van der Waals surface area contributed by atoms with Crippen LogP contribution in [0.15, 0.2) is 24.3 Å². The molecule has 1 aliphatic heterocycles. The van der Waals surface area contributed by atoms with E-state index in [-0.39, 0.29) is 0 Å². The number of hydrogen-bond donors (Lipinski definition) is 1. The van der Waals surface area contributed by atoms with E-state index >= 15 is 0 Å². The standard InChI is InChI=1S/C11H14N2S/c1-2-12-11(14)13-7-9-5-3-4-6-10(9)8-13/h3-6H,2,7-8H2,1H3,(H,12,14). The topological polar surface area (TPSA) is 15.3 Å². The highest BCUT2D eigenvalue weighted by Gasteiger charge is 2.19. The van der Waals surface area contributed by atoms with Gasteiger partial charge in [-0.15, -0.1) is 0 Å². The fraction of sp³-hybridized carbons (Fsp3) is 0.364. The van der Waals surface area contributed by atoms with Crippen LogP contribution in [0.4, 0.5) is 0 Å². The average molecular weight is 206 g/mol. The molecule has 14 heavy (non-hydrogen) atoms. The summed E-state index contributed by atoms with van der Waals surface area (Å²) in [5, 5.41) is 4.04. The van der Waals surface area contributed by atoms with Crippen molar-refractivity contribution in [1.82, 2.24) is 10.2 Å². The summed E-state index contributed by atoms with van der Waals surface area (Å²) in [6.07, 6.45) is 0. The predicted octanol–water partition coefficient (Wildman–Crippen LogP) is 1.90. The summed E-state index contributed by atoms with van der Waals surface area (Å²) in [5.41, 5.74) is 2.79. The first-order valence-electron chi connectivity index (χ1n) is 4.91. The molecule has 2 nitrogen and oxygen atoms in total. The molecule has 0 saturated carbocycles. The Labute approximate surface area is 89.9 Å². The Morgan fingerprint density at radius 2 is 1.93 bits per heavy atom. The lowest BCUT2D eigenvalue weighted by atomic mass is 10.1. The van der Waals surface area contributed by atoms with Crippen LogP contribution >= 0.6 is 12.2 Å². The Morgan fingerprint density at radius 3 is 2.43 bits per heavy atom. The number of benzene rings is 1. The van der Waals surface area contributed by atoms with Gasteiger partial charge in [-0.1, -0.05) is 24.3 Å². The minimum atomic E-state index is 0.865. The van der Waals surface area contributed by atoms with Gasteiger partial charge in [-0.2, -0.15) is 0 Å². The number of fused-ring (bicyclic) bond motifs is 1. The van der Waals surface area contributed by atoms with E-state index in [2.05, 4.69) is 41.4 Å². The molecule has 0 amide bonds. The second-order valence-electron chi connectivity index (χ2n) is 3.46. The maximum Gasteiger partial charge on any atom is 0.169 e. The molecule has 0 atom stereocenters. The van der Waals surface area contributed by atoms with Gasteiger partial charge in [-0.05, 0) is 30.3 Å². The lowest BCUT2D eigenvalue weighted by molar-refractivity contribution is 0.439. The first kappa shape index (κ1) is 9.46. The van der Waals surface area contributed by atoms with Crippen molar-refractivity contribution in [3.8, 4) is 0 Å². The van der Waals surface area contributed by atoms with Crippen LogP contribution in [-0.4, -0.2) is 16.6 Å². The van der Waals surface area contributed by atoms with Crippen LogP contribution in [-0.2, 0) is 13.1 Å². The van der Waals surface area contributed by atoms with Gasteiger partial charge in [-0.3, -0.25) is 0 Å². The summed E-state index contributed by atoms with van der Waals surface area (Å²) >= 11 is 5.28. The zero-order valence-corrected chi connectivity index (χ0v) is 9.10. The van der Waals surface area contributed by atoms with Crippen LogP contribution in [0.1, 0.15) is 18.1 Å². The Balaban J connectivity index is 2.08. The molecule has 3 heteroatoms. The summed E-state index contributed by atoms with van der Waals surface area (Å²) in [6.45, 7) is 4.85. The van der Waals surface area contributed by atoms with Crippen molar-refractivity contribution in [3.63, 3.8) is 0 Å². The van der Waals surface area contributed by atoms with E-state index in [4.69, 9.17) is 12.2 Å². The first-order chi connectivity index (χ1) is 6.81. The minimum absolute atomic E-state index is 0.865. The Bertz CT molecular complexity index is 324. The molecule has 0 saturated heterocycles. The van der Waals surface area contributed by atoms with Gasteiger partial charge in [0.25, 0.3) is 0 Å². The molecule has 0 spiro atoms. The van der Waals surface area contributed by atoms with Crippen molar-refractivity contribution in [2.24, 2.45) is 0 Å². The fourth-order valence-electron chi connectivity index (χ4n) is 1.74. The Kier molecular flexibility index (Phi) is 2.68. The quantitative estimate of drug-likeness (QED) is 0.706. The molecule has 74 valence electrons. The minimum Gasteiger partial charge on any atom is -0.363 e. The molecule has 1 aromatic rings. The van der Waals surface area contributed by atoms with Gasteiger partial charge in [0.1, 0.15) is 0 Å². The smallest absolute Gasteiger partial charge is 0.169 e. The number of nitrogens with zero attached hydrogens (tertiary/aromatic N) is 1. The van der Waals surface area contributed by atoms with Gasteiger partial charge < -0.3 is 10.2 Å². The van der Waals surface area contributed by atoms with Crippen LogP contribution in [0.3, 0.4) is 0 Å². The molecule has 2 rings (SSSR count). The molecule has 0 fully saturated rings. The summed E-state index contributed by atoms with van der Waals surface area (Å²) < 4.78 is 0. The Morgan fingerprint density at radius 1 is 1.36 bits per heavy atom. The molecule has 1 aromatic carbocycles. The second kappa shape index (κ2) is 3.96. The molecule has 0 unspecified atom stereocenters. The molecule has 1 heterocycles. The maximum atomic E-state index is 5.28. The van der Waals surface area contributed by atoms with Gasteiger partial charge in [0.05, 0.1) is 0 Å². The maximum absolute atomic E-state index is 5.28. The van der Waals surface area contributed by atoms with Crippen molar-refractivity contribution in [2.75, 3.05) is 6.54 Å². The average Bonchev–Trinajstić information content (AvgIpc) is 2.61. The predicted molar refractivity (Wildman–Crippen MR) is 62.0 cm³/mol. The van der Waals surface area contributed by atoms with Crippen molar-refractivity contribution in [2.45, 2.75) is 20.0 Å².